The molecule has 1 aromatic carbocycles. The number of alkyl halides is 3. The number of nitrogens with one attached hydrogen (secondary N) is 1. The number of pyridine rings is 1. The molecule has 10 heteroatoms. The number of allylic oxidation sites excluding steroid dienone is 1. The van der Waals surface area contributed by atoms with Crippen molar-refractivity contribution in [3.63, 3.8) is 0 Å². The van der Waals surface area contributed by atoms with E-state index in [4.69, 9.17) is 33.0 Å². The second-order valence-electron chi connectivity index (χ2n) is 7.47. The van der Waals surface area contributed by atoms with Gasteiger partial charge in [0.15, 0.2) is 5.69 Å². The van der Waals surface area contributed by atoms with Gasteiger partial charge in [-0.15, -0.1) is 0 Å². The zero-order valence-electron chi connectivity index (χ0n) is 15.7. The molecule has 2 unspecified atom stereocenters. The highest BCUT2D eigenvalue weighted by Crippen LogP contribution is 2.46. The van der Waals surface area contributed by atoms with E-state index in [0.717, 1.165) is 41.4 Å². The number of halogens is 4. The van der Waals surface area contributed by atoms with E-state index >= 15 is 0 Å². The fraction of sp³-hybridized carbons (Fsp3) is 0.350. The summed E-state index contributed by atoms with van der Waals surface area (Å²) in [5.74, 6) is -2.46. The number of anilines is 1. The van der Waals surface area contributed by atoms with Crippen molar-refractivity contribution in [1.82, 2.24) is 0 Å². The molecule has 5 N–H and O–H groups in total. The van der Waals surface area contributed by atoms with Crippen molar-refractivity contribution in [2.75, 3.05) is 5.73 Å². The van der Waals surface area contributed by atoms with Gasteiger partial charge in [-0.3, -0.25) is 4.79 Å². The summed E-state index contributed by atoms with van der Waals surface area (Å²) in [4.78, 5) is 23.6. The lowest BCUT2D eigenvalue weighted by molar-refractivity contribution is -0.360. The Bertz CT molecular complexity index is 1050. The normalized spacial score (nSPS) is 19.9. The summed E-state index contributed by atoms with van der Waals surface area (Å²) >= 11 is 6.10. The predicted octanol–water partition coefficient (Wildman–Crippen LogP) is 2.04. The fourth-order valence-corrected chi connectivity index (χ4v) is 4.41. The van der Waals surface area contributed by atoms with Gasteiger partial charge in [0.25, 0.3) is 0 Å². The smallest absolute Gasteiger partial charge is 0.430 e. The minimum atomic E-state index is -5.19. The van der Waals surface area contributed by atoms with Gasteiger partial charge in [0.05, 0.1) is 11.1 Å². The van der Waals surface area contributed by atoms with Gasteiger partial charge < -0.3 is 21.4 Å². The molecule has 2 aliphatic carbocycles. The maximum Gasteiger partial charge on any atom is 0.430 e. The van der Waals surface area contributed by atoms with E-state index in [9.17, 15) is 18.0 Å². The first-order valence-corrected chi connectivity index (χ1v) is 9.52. The molecule has 6 nitrogen and oxygen atoms in total. The van der Waals surface area contributed by atoms with Crippen molar-refractivity contribution in [2.24, 2.45) is 11.7 Å². The molecular formula is C20H19ClF3N3O3. The van der Waals surface area contributed by atoms with Gasteiger partial charge in [-0.05, 0) is 36.8 Å². The molecule has 1 amide bonds. The number of aromatic nitrogens is 1. The van der Waals surface area contributed by atoms with Crippen molar-refractivity contribution in [1.29, 1.82) is 0 Å². The molecule has 160 valence electrons. The largest absolute Gasteiger partial charge is 0.542 e. The molecule has 0 saturated carbocycles. The van der Waals surface area contributed by atoms with Gasteiger partial charge in [-0.2, -0.15) is 13.2 Å². The van der Waals surface area contributed by atoms with Crippen LogP contribution in [-0.2, 0) is 16.0 Å². The van der Waals surface area contributed by atoms with Crippen LogP contribution in [0.5, 0.6) is 0 Å². The van der Waals surface area contributed by atoms with Crippen LogP contribution in [0.4, 0.5) is 18.9 Å². The van der Waals surface area contributed by atoms with Crippen LogP contribution in [-0.4, -0.2) is 18.1 Å². The Morgan fingerprint density at radius 1 is 1.27 bits per heavy atom. The number of hydrogen-bond donors (Lipinski definition) is 2. The maximum atomic E-state index is 11.2. The number of carboxylic acids is 1. The number of aromatic amines is 1. The number of aliphatic carboxylic acids is 1. The van der Waals surface area contributed by atoms with Crippen molar-refractivity contribution in [3.05, 3.63) is 46.1 Å². The first-order chi connectivity index (χ1) is 14.0. The van der Waals surface area contributed by atoms with Gasteiger partial charge in [0, 0.05) is 29.5 Å². The molecule has 1 heterocycles. The molecule has 0 radical (unpaired) electrons. The van der Waals surface area contributed by atoms with Crippen molar-refractivity contribution in [3.8, 4) is 0 Å². The summed E-state index contributed by atoms with van der Waals surface area (Å²) in [6, 6.07) is 5.76. The van der Waals surface area contributed by atoms with Crippen LogP contribution in [0.3, 0.4) is 0 Å². The molecule has 2 aromatic rings. The van der Waals surface area contributed by atoms with Gasteiger partial charge in [0.2, 0.25) is 11.4 Å². The molecule has 2 bridgehead atoms. The number of fused-ring (bicyclic) bond motifs is 5. The minimum Gasteiger partial charge on any atom is -0.542 e. The van der Waals surface area contributed by atoms with E-state index < -0.39 is 12.1 Å². The number of nitrogens with two attached hydrogens (primary N) is 2. The number of H-pyrrole nitrogens is 1. The summed E-state index contributed by atoms with van der Waals surface area (Å²) in [5, 5.41) is 10.5. The lowest BCUT2D eigenvalue weighted by Gasteiger charge is -2.33. The van der Waals surface area contributed by atoms with Crippen molar-refractivity contribution < 1.29 is 32.9 Å². The van der Waals surface area contributed by atoms with Crippen LogP contribution in [0, 0.1) is 5.92 Å². The van der Waals surface area contributed by atoms with E-state index in [0.29, 0.717) is 23.3 Å². The highest BCUT2D eigenvalue weighted by atomic mass is 35.5. The number of primary amides is 1. The summed E-state index contributed by atoms with van der Waals surface area (Å²) in [6.07, 6.45) is 0.266. The van der Waals surface area contributed by atoms with Crippen LogP contribution in [0.2, 0.25) is 5.02 Å². The number of benzene rings is 1. The van der Waals surface area contributed by atoms with Crippen LogP contribution in [0.25, 0.3) is 10.9 Å². The molecular weight excluding hydrogens is 423 g/mol. The summed E-state index contributed by atoms with van der Waals surface area (Å²) in [5.41, 5.74) is 17.3. The summed E-state index contributed by atoms with van der Waals surface area (Å²) < 4.78 is 31.5. The third-order valence-electron chi connectivity index (χ3n) is 5.25. The number of hydrogen-bond acceptors (Lipinski definition) is 4. The highest BCUT2D eigenvalue weighted by molar-refractivity contribution is 6.31. The number of rotatable bonds is 2. The first kappa shape index (κ1) is 21.9. The Hall–Kier alpha value is -2.81. The van der Waals surface area contributed by atoms with Crippen LogP contribution >= 0.6 is 11.6 Å². The molecule has 1 aromatic heterocycles. The monoisotopic (exact) mass is 441 g/mol. The van der Waals surface area contributed by atoms with Gasteiger partial charge >= 0.3 is 6.18 Å². The minimum absolute atomic E-state index is 0.260. The standard InChI is InChI=1S/C18H18ClN3O.C2HF3O2/c19-12-1-2-13-14(8-12)22-15-6-9-3-10(7-16(20)23)5-11(4-9)17(15)18(13)21;3-2(4,5)1(6)7/h1-3,8-9,11H,4-7H2,(H2,20,23)(H2,21,22);(H,6,7). The summed E-state index contributed by atoms with van der Waals surface area (Å²) in [6.45, 7) is 0. The van der Waals surface area contributed by atoms with Crippen molar-refractivity contribution in [2.45, 2.75) is 37.8 Å². The van der Waals surface area contributed by atoms with Gasteiger partial charge in [-0.25, -0.2) is 4.98 Å². The lowest BCUT2D eigenvalue weighted by Crippen LogP contribution is -2.37. The Kier molecular flexibility index (Phi) is 5.94. The second-order valence-corrected chi connectivity index (χ2v) is 7.91. The lowest BCUT2D eigenvalue weighted by atomic mass is 9.70. The molecule has 2 atom stereocenters. The van der Waals surface area contributed by atoms with Crippen LogP contribution in [0.1, 0.15) is 36.4 Å². The van der Waals surface area contributed by atoms with Crippen LogP contribution in [0.15, 0.2) is 29.8 Å². The predicted molar refractivity (Wildman–Crippen MR) is 102 cm³/mol. The molecule has 0 fully saturated rings. The van der Waals surface area contributed by atoms with E-state index in [-0.39, 0.29) is 5.91 Å². The number of carbonyl (C=O) groups excluding carboxylic acids is 2. The quantitative estimate of drug-likeness (QED) is 0.692. The Morgan fingerprint density at radius 3 is 2.53 bits per heavy atom. The zero-order chi connectivity index (χ0) is 22.2. The third-order valence-corrected chi connectivity index (χ3v) is 5.48. The second kappa shape index (κ2) is 8.14. The van der Waals surface area contributed by atoms with E-state index in [1.54, 1.807) is 0 Å². The first-order valence-electron chi connectivity index (χ1n) is 9.14. The van der Waals surface area contributed by atoms with E-state index in [1.807, 2.05) is 18.2 Å². The Labute approximate surface area is 174 Å². The molecule has 4 rings (SSSR count). The average Bonchev–Trinajstić information content (AvgIpc) is 2.60. The molecule has 30 heavy (non-hydrogen) atoms. The van der Waals surface area contributed by atoms with Crippen molar-refractivity contribution >= 4 is 40.1 Å². The molecule has 0 aliphatic heterocycles. The van der Waals surface area contributed by atoms with E-state index in [2.05, 4.69) is 11.1 Å². The number of carboxylic acid groups (broad SMARTS) is 1. The van der Waals surface area contributed by atoms with Crippen LogP contribution < -0.4 is 21.6 Å². The third kappa shape index (κ3) is 4.67. The molecule has 0 spiro atoms. The van der Waals surface area contributed by atoms with Gasteiger partial charge in [-0.1, -0.05) is 23.3 Å². The van der Waals surface area contributed by atoms with E-state index in [1.165, 1.54) is 11.3 Å². The number of carbonyl (C=O) groups is 2. The Morgan fingerprint density at radius 2 is 1.93 bits per heavy atom. The highest BCUT2D eigenvalue weighted by Gasteiger charge is 2.36. The maximum absolute atomic E-state index is 11.2. The fourth-order valence-electron chi connectivity index (χ4n) is 4.23. The molecule has 0 saturated heterocycles. The zero-order valence-corrected chi connectivity index (χ0v) is 16.4. The molecule has 2 aliphatic rings. The summed E-state index contributed by atoms with van der Waals surface area (Å²) in [7, 11) is 0. The SMILES string of the molecule is NC(=O)CC1=CC2Cc3[nH+]c4cc(Cl)ccc4c(N)c3C(C1)C2.O=C([O-])C(F)(F)F. The Balaban J connectivity index is 0.000000318. The average molecular weight is 442 g/mol. The van der Waals surface area contributed by atoms with Gasteiger partial charge in [0.1, 0.15) is 5.97 Å². The number of amides is 1. The number of nitrogen functional groups attached to an aromatic ring is 1. The topological polar surface area (TPSA) is 123 Å².